The van der Waals surface area contributed by atoms with E-state index in [2.05, 4.69) is 5.32 Å². The fourth-order valence-electron chi connectivity index (χ4n) is 4.69. The number of carbonyl (C=O) groups is 2. The molecule has 1 aromatic heterocycles. The minimum absolute atomic E-state index is 0.0798. The SMILES string of the molecule is COC(=O)N1C/C(=C\c2ccc(F)cc2)c2c(c(C(=O)NC(C)c3ccccc3)nn2-c2ccc(Cl)cc2Cl)C1. The van der Waals surface area contributed by atoms with Crippen LogP contribution >= 0.6 is 23.2 Å². The van der Waals surface area contributed by atoms with Crippen LogP contribution in [0.4, 0.5) is 9.18 Å². The van der Waals surface area contributed by atoms with Crippen LogP contribution in [-0.2, 0) is 11.3 Å². The molecule has 0 aliphatic carbocycles. The fourth-order valence-corrected chi connectivity index (χ4v) is 5.18. The Bertz CT molecular complexity index is 1600. The summed E-state index contributed by atoms with van der Waals surface area (Å²) in [4.78, 5) is 27.9. The van der Waals surface area contributed by atoms with Crippen molar-refractivity contribution in [1.82, 2.24) is 20.0 Å². The van der Waals surface area contributed by atoms with Crippen molar-refractivity contribution in [3.63, 3.8) is 0 Å². The van der Waals surface area contributed by atoms with Gasteiger partial charge in [0.15, 0.2) is 5.69 Å². The number of ether oxygens (including phenoxy) is 1. The van der Waals surface area contributed by atoms with Crippen LogP contribution in [0.2, 0.25) is 10.0 Å². The molecule has 2 amide bonds. The van der Waals surface area contributed by atoms with E-state index in [1.54, 1.807) is 35.0 Å². The van der Waals surface area contributed by atoms with Crippen molar-refractivity contribution in [2.24, 2.45) is 0 Å². The molecule has 5 rings (SSSR count). The number of halogens is 3. The van der Waals surface area contributed by atoms with Gasteiger partial charge in [-0.1, -0.05) is 65.7 Å². The largest absolute Gasteiger partial charge is 0.453 e. The van der Waals surface area contributed by atoms with Crippen LogP contribution in [0.1, 0.15) is 45.8 Å². The first-order valence-corrected chi connectivity index (χ1v) is 13.2. The number of rotatable bonds is 5. The van der Waals surface area contributed by atoms with E-state index in [9.17, 15) is 14.0 Å². The second-order valence-electron chi connectivity index (χ2n) is 9.34. The summed E-state index contributed by atoms with van der Waals surface area (Å²) < 4.78 is 20.2. The number of nitrogens with one attached hydrogen (secondary N) is 1. The third-order valence-electron chi connectivity index (χ3n) is 6.64. The van der Waals surface area contributed by atoms with Gasteiger partial charge in [0, 0.05) is 10.6 Å². The Morgan fingerprint density at radius 1 is 1.05 bits per heavy atom. The fraction of sp³-hybridized carbons (Fsp3) is 0.167. The number of aromatic nitrogens is 2. The summed E-state index contributed by atoms with van der Waals surface area (Å²) in [6.07, 6.45) is 1.26. The van der Waals surface area contributed by atoms with Crippen LogP contribution in [-0.4, -0.2) is 40.3 Å². The van der Waals surface area contributed by atoms with Gasteiger partial charge in [0.1, 0.15) is 5.82 Å². The monoisotopic (exact) mass is 578 g/mol. The minimum atomic E-state index is -0.558. The first kappa shape index (κ1) is 27.4. The average molecular weight is 579 g/mol. The minimum Gasteiger partial charge on any atom is -0.453 e. The first-order valence-electron chi connectivity index (χ1n) is 12.5. The van der Waals surface area contributed by atoms with Crippen LogP contribution in [0.5, 0.6) is 0 Å². The Balaban J connectivity index is 1.68. The average Bonchev–Trinajstić information content (AvgIpc) is 3.34. The number of carbonyl (C=O) groups excluding carboxylic acids is 2. The zero-order valence-corrected chi connectivity index (χ0v) is 23.2. The molecule has 0 radical (unpaired) electrons. The van der Waals surface area contributed by atoms with Gasteiger partial charge >= 0.3 is 6.09 Å². The number of fused-ring (bicyclic) bond motifs is 1. The lowest BCUT2D eigenvalue weighted by molar-refractivity contribution is 0.0930. The molecule has 1 aliphatic heterocycles. The van der Waals surface area contributed by atoms with E-state index in [0.29, 0.717) is 38.1 Å². The normalized spacial score (nSPS) is 14.5. The molecule has 0 saturated carbocycles. The van der Waals surface area contributed by atoms with Gasteiger partial charge in [-0.05, 0) is 60.0 Å². The molecule has 4 aromatic rings. The van der Waals surface area contributed by atoms with E-state index in [1.165, 1.54) is 24.1 Å². The van der Waals surface area contributed by atoms with E-state index in [-0.39, 0.29) is 30.6 Å². The number of amides is 2. The highest BCUT2D eigenvalue weighted by Crippen LogP contribution is 2.36. The van der Waals surface area contributed by atoms with E-state index >= 15 is 0 Å². The van der Waals surface area contributed by atoms with Crippen molar-refractivity contribution < 1.29 is 18.7 Å². The molecule has 1 unspecified atom stereocenters. The number of methoxy groups -OCH3 is 1. The molecule has 1 aliphatic rings. The van der Waals surface area contributed by atoms with E-state index in [4.69, 9.17) is 33.0 Å². The molecule has 0 fully saturated rings. The molecule has 0 saturated heterocycles. The Morgan fingerprint density at radius 3 is 2.45 bits per heavy atom. The van der Waals surface area contributed by atoms with Crippen LogP contribution in [0, 0.1) is 5.82 Å². The highest BCUT2D eigenvalue weighted by molar-refractivity contribution is 6.35. The standard InChI is InChI=1S/C30H25Cl2FN4O3/c1-18(20-6-4-3-5-7-20)34-29(38)27-24-17-36(30(39)40-2)16-21(14-19-8-11-23(33)12-9-19)28(24)37(35-27)26-13-10-22(31)15-25(26)32/h3-15,18H,16-17H2,1-2H3,(H,34,38)/b21-14+. The van der Waals surface area contributed by atoms with Crippen LogP contribution in [0.3, 0.4) is 0 Å². The van der Waals surface area contributed by atoms with Gasteiger partial charge in [-0.15, -0.1) is 0 Å². The highest BCUT2D eigenvalue weighted by Gasteiger charge is 2.34. The number of benzene rings is 3. The summed E-state index contributed by atoms with van der Waals surface area (Å²) in [5, 5.41) is 8.52. The van der Waals surface area contributed by atoms with Gasteiger partial charge in [-0.3, -0.25) is 9.69 Å². The topological polar surface area (TPSA) is 76.5 Å². The molecule has 3 aromatic carbocycles. The lowest BCUT2D eigenvalue weighted by Gasteiger charge is -2.29. The Morgan fingerprint density at radius 2 is 1.77 bits per heavy atom. The molecular weight excluding hydrogens is 554 g/mol. The maximum absolute atomic E-state index is 13.7. The second-order valence-corrected chi connectivity index (χ2v) is 10.2. The summed E-state index contributed by atoms with van der Waals surface area (Å²) in [5.74, 6) is -0.781. The molecule has 204 valence electrons. The molecular formula is C30H25Cl2FN4O3. The Hall–Kier alpha value is -4.14. The molecule has 10 heteroatoms. The molecule has 2 heterocycles. The van der Waals surface area contributed by atoms with E-state index < -0.39 is 12.0 Å². The molecule has 1 N–H and O–H groups in total. The molecule has 7 nitrogen and oxygen atoms in total. The summed E-state index contributed by atoms with van der Waals surface area (Å²) in [5.41, 5.74) is 4.06. The van der Waals surface area contributed by atoms with Crippen LogP contribution in [0.25, 0.3) is 17.3 Å². The summed E-state index contributed by atoms with van der Waals surface area (Å²) >= 11 is 12.8. The molecule has 40 heavy (non-hydrogen) atoms. The van der Waals surface area contributed by atoms with Crippen molar-refractivity contribution in [3.8, 4) is 5.69 Å². The molecule has 1 atom stereocenters. The summed E-state index contributed by atoms with van der Waals surface area (Å²) in [6, 6.07) is 20.2. The Labute approximate surface area is 240 Å². The number of hydrogen-bond acceptors (Lipinski definition) is 4. The lowest BCUT2D eigenvalue weighted by Crippen LogP contribution is -2.36. The van der Waals surface area contributed by atoms with Gasteiger partial charge < -0.3 is 10.1 Å². The third kappa shape index (κ3) is 5.59. The highest BCUT2D eigenvalue weighted by atomic mass is 35.5. The van der Waals surface area contributed by atoms with Crippen molar-refractivity contribution >= 4 is 46.9 Å². The van der Waals surface area contributed by atoms with Gasteiger partial charge in [0.05, 0.1) is 42.6 Å². The second kappa shape index (κ2) is 11.5. The Kier molecular flexibility index (Phi) is 7.91. The maximum Gasteiger partial charge on any atom is 0.410 e. The van der Waals surface area contributed by atoms with E-state index in [0.717, 1.165) is 5.56 Å². The van der Waals surface area contributed by atoms with Crippen molar-refractivity contribution in [3.05, 3.63) is 117 Å². The van der Waals surface area contributed by atoms with Crippen molar-refractivity contribution in [1.29, 1.82) is 0 Å². The van der Waals surface area contributed by atoms with Crippen molar-refractivity contribution in [2.45, 2.75) is 19.5 Å². The van der Waals surface area contributed by atoms with Gasteiger partial charge in [-0.25, -0.2) is 13.9 Å². The lowest BCUT2D eigenvalue weighted by atomic mass is 9.97. The molecule has 0 bridgehead atoms. The van der Waals surface area contributed by atoms with Crippen LogP contribution in [0.15, 0.2) is 72.8 Å². The third-order valence-corrected chi connectivity index (χ3v) is 7.18. The number of hydrogen-bond donors (Lipinski definition) is 1. The van der Waals surface area contributed by atoms with Gasteiger partial charge in [0.2, 0.25) is 0 Å². The predicted octanol–water partition coefficient (Wildman–Crippen LogP) is 6.93. The predicted molar refractivity (Wildman–Crippen MR) is 153 cm³/mol. The summed E-state index contributed by atoms with van der Waals surface area (Å²) in [6.45, 7) is 2.12. The van der Waals surface area contributed by atoms with Gasteiger partial charge in [-0.2, -0.15) is 5.10 Å². The van der Waals surface area contributed by atoms with E-state index in [1.807, 2.05) is 43.3 Å². The zero-order valence-electron chi connectivity index (χ0n) is 21.7. The van der Waals surface area contributed by atoms with Crippen molar-refractivity contribution in [2.75, 3.05) is 13.7 Å². The quantitative estimate of drug-likeness (QED) is 0.278. The van der Waals surface area contributed by atoms with Gasteiger partial charge in [0.25, 0.3) is 5.91 Å². The van der Waals surface area contributed by atoms with Crippen LogP contribution < -0.4 is 5.32 Å². The smallest absolute Gasteiger partial charge is 0.410 e. The first-order chi connectivity index (χ1) is 19.2. The number of nitrogens with zero attached hydrogens (tertiary/aromatic N) is 3. The maximum atomic E-state index is 13.7. The molecule has 0 spiro atoms. The summed E-state index contributed by atoms with van der Waals surface area (Å²) in [7, 11) is 1.30. The zero-order chi connectivity index (χ0) is 28.4.